The van der Waals surface area contributed by atoms with Crippen LogP contribution in [0.15, 0.2) is 28.7 Å². The van der Waals surface area contributed by atoms with Crippen LogP contribution in [0.4, 0.5) is 0 Å². The maximum Gasteiger partial charge on any atom is 0.0178 e. The van der Waals surface area contributed by atoms with Gasteiger partial charge in [-0.05, 0) is 48.9 Å². The van der Waals surface area contributed by atoms with Gasteiger partial charge in [-0.1, -0.05) is 61.2 Å². The Labute approximate surface area is 126 Å². The van der Waals surface area contributed by atoms with E-state index in [1.165, 1.54) is 42.1 Å². The number of halogens is 1. The average molecular weight is 324 g/mol. The van der Waals surface area contributed by atoms with Crippen molar-refractivity contribution >= 4 is 15.9 Å². The van der Waals surface area contributed by atoms with Gasteiger partial charge >= 0.3 is 0 Å². The molecule has 0 aliphatic heterocycles. The third kappa shape index (κ3) is 4.06. The van der Waals surface area contributed by atoms with E-state index >= 15 is 0 Å². The lowest BCUT2D eigenvalue weighted by Crippen LogP contribution is -2.46. The molecule has 0 radical (unpaired) electrons. The van der Waals surface area contributed by atoms with Gasteiger partial charge in [0.05, 0.1) is 0 Å². The van der Waals surface area contributed by atoms with Gasteiger partial charge in [-0.2, -0.15) is 0 Å². The largest absolute Gasteiger partial charge is 0.313 e. The molecule has 1 saturated carbocycles. The molecule has 1 fully saturated rings. The zero-order chi connectivity index (χ0) is 13.7. The van der Waals surface area contributed by atoms with Crippen LogP contribution >= 0.6 is 15.9 Å². The van der Waals surface area contributed by atoms with Crippen LogP contribution in [0, 0.1) is 5.41 Å². The first-order valence-electron chi connectivity index (χ1n) is 7.62. The van der Waals surface area contributed by atoms with E-state index in [4.69, 9.17) is 0 Å². The second-order valence-electron chi connectivity index (χ2n) is 6.16. The molecule has 2 rings (SSSR count). The van der Waals surface area contributed by atoms with E-state index in [-0.39, 0.29) is 0 Å². The summed E-state index contributed by atoms with van der Waals surface area (Å²) in [6, 6.07) is 9.37. The van der Waals surface area contributed by atoms with Crippen molar-refractivity contribution in [3.63, 3.8) is 0 Å². The molecule has 0 heterocycles. The molecule has 1 unspecified atom stereocenters. The minimum absolute atomic E-state index is 0.469. The van der Waals surface area contributed by atoms with Crippen LogP contribution in [0.2, 0.25) is 0 Å². The number of likely N-dealkylation sites (N-methyl/N-ethyl adjacent to an activating group) is 1. The maximum atomic E-state index is 3.75. The zero-order valence-corrected chi connectivity index (χ0v) is 13.8. The first kappa shape index (κ1) is 15.1. The van der Waals surface area contributed by atoms with E-state index in [0.29, 0.717) is 11.5 Å². The summed E-state index contributed by atoms with van der Waals surface area (Å²) >= 11 is 3.58. The van der Waals surface area contributed by atoms with Crippen molar-refractivity contribution in [1.29, 1.82) is 0 Å². The third-order valence-corrected chi connectivity index (χ3v) is 5.11. The third-order valence-electron chi connectivity index (χ3n) is 4.62. The monoisotopic (exact) mass is 323 g/mol. The van der Waals surface area contributed by atoms with Gasteiger partial charge in [0.1, 0.15) is 0 Å². The summed E-state index contributed by atoms with van der Waals surface area (Å²) in [7, 11) is 0. The molecule has 1 N–H and O–H groups in total. The molecule has 0 spiro atoms. The lowest BCUT2D eigenvalue weighted by Gasteiger charge is -2.41. The summed E-state index contributed by atoms with van der Waals surface area (Å²) in [5.41, 5.74) is 1.91. The number of benzene rings is 1. The summed E-state index contributed by atoms with van der Waals surface area (Å²) in [6.07, 6.45) is 8.11. The van der Waals surface area contributed by atoms with Crippen molar-refractivity contribution in [2.45, 2.75) is 58.4 Å². The molecule has 106 valence electrons. The van der Waals surface area contributed by atoms with E-state index in [9.17, 15) is 0 Å². The van der Waals surface area contributed by atoms with Gasteiger partial charge < -0.3 is 5.32 Å². The molecule has 1 aromatic rings. The molecular formula is C17H26BrN. The van der Waals surface area contributed by atoms with Gasteiger partial charge in [-0.25, -0.2) is 0 Å². The number of hydrogen-bond acceptors (Lipinski definition) is 1. The highest BCUT2D eigenvalue weighted by atomic mass is 79.9. The molecule has 1 aliphatic rings. The van der Waals surface area contributed by atoms with Crippen molar-refractivity contribution in [3.8, 4) is 0 Å². The van der Waals surface area contributed by atoms with E-state index in [1.807, 2.05) is 0 Å². The van der Waals surface area contributed by atoms with Gasteiger partial charge in [0.2, 0.25) is 0 Å². The predicted octanol–water partition coefficient (Wildman–Crippen LogP) is 4.94. The highest BCUT2D eigenvalue weighted by Crippen LogP contribution is 2.40. The van der Waals surface area contributed by atoms with Crippen LogP contribution in [-0.4, -0.2) is 12.6 Å². The number of nitrogens with one attached hydrogen (secondary N) is 1. The Morgan fingerprint density at radius 1 is 1.26 bits per heavy atom. The standard InChI is InChI=1S/C17H26BrN/c1-3-19-16(17(2)10-5-4-6-11-17)13-14-8-7-9-15(18)12-14/h7-9,12,16,19H,3-6,10-11,13H2,1-2H3. The lowest BCUT2D eigenvalue weighted by molar-refractivity contribution is 0.145. The van der Waals surface area contributed by atoms with E-state index < -0.39 is 0 Å². The molecule has 0 amide bonds. The van der Waals surface area contributed by atoms with Gasteiger partial charge in [0.15, 0.2) is 0 Å². The molecule has 2 heteroatoms. The molecule has 0 aromatic heterocycles. The van der Waals surface area contributed by atoms with Gasteiger partial charge in [-0.3, -0.25) is 0 Å². The first-order valence-corrected chi connectivity index (χ1v) is 8.41. The summed E-state index contributed by atoms with van der Waals surface area (Å²) in [4.78, 5) is 0. The molecule has 0 bridgehead atoms. The first-order chi connectivity index (χ1) is 9.14. The SMILES string of the molecule is CCNC(Cc1cccc(Br)c1)C1(C)CCCCC1. The van der Waals surface area contributed by atoms with Crippen LogP contribution in [0.25, 0.3) is 0 Å². The average Bonchev–Trinajstić information content (AvgIpc) is 2.39. The van der Waals surface area contributed by atoms with Crippen LogP contribution in [0.1, 0.15) is 51.5 Å². The van der Waals surface area contributed by atoms with Crippen molar-refractivity contribution < 1.29 is 0 Å². The topological polar surface area (TPSA) is 12.0 Å². The zero-order valence-electron chi connectivity index (χ0n) is 12.2. The Morgan fingerprint density at radius 3 is 2.63 bits per heavy atom. The molecule has 1 aromatic carbocycles. The van der Waals surface area contributed by atoms with E-state index in [0.717, 1.165) is 13.0 Å². The molecule has 19 heavy (non-hydrogen) atoms. The quantitative estimate of drug-likeness (QED) is 0.809. The highest BCUT2D eigenvalue weighted by molar-refractivity contribution is 9.10. The Hall–Kier alpha value is -0.340. The molecule has 0 saturated heterocycles. The fourth-order valence-electron chi connectivity index (χ4n) is 3.42. The van der Waals surface area contributed by atoms with Crippen molar-refractivity contribution in [2.24, 2.45) is 5.41 Å². The molecule has 1 atom stereocenters. The fraction of sp³-hybridized carbons (Fsp3) is 0.647. The van der Waals surface area contributed by atoms with Crippen LogP contribution in [0.5, 0.6) is 0 Å². The second-order valence-corrected chi connectivity index (χ2v) is 7.07. The Kier molecular flexibility index (Phi) is 5.47. The minimum Gasteiger partial charge on any atom is -0.313 e. The van der Waals surface area contributed by atoms with Gasteiger partial charge in [0, 0.05) is 10.5 Å². The number of hydrogen-bond donors (Lipinski definition) is 1. The van der Waals surface area contributed by atoms with Crippen molar-refractivity contribution in [1.82, 2.24) is 5.32 Å². The fourth-order valence-corrected chi connectivity index (χ4v) is 3.87. The summed E-state index contributed by atoms with van der Waals surface area (Å²) in [6.45, 7) is 5.77. The summed E-state index contributed by atoms with van der Waals surface area (Å²) in [5, 5.41) is 3.75. The maximum absolute atomic E-state index is 3.75. The summed E-state index contributed by atoms with van der Waals surface area (Å²) < 4.78 is 1.19. The van der Waals surface area contributed by atoms with Crippen molar-refractivity contribution in [3.05, 3.63) is 34.3 Å². The molecule has 1 nitrogen and oxygen atoms in total. The Morgan fingerprint density at radius 2 is 2.00 bits per heavy atom. The molecule has 1 aliphatic carbocycles. The van der Waals surface area contributed by atoms with E-state index in [2.05, 4.69) is 59.4 Å². The number of rotatable bonds is 5. The minimum atomic E-state index is 0.469. The van der Waals surface area contributed by atoms with Gasteiger partial charge in [-0.15, -0.1) is 0 Å². The van der Waals surface area contributed by atoms with Crippen LogP contribution in [-0.2, 0) is 6.42 Å². The smallest absolute Gasteiger partial charge is 0.0178 e. The van der Waals surface area contributed by atoms with Crippen LogP contribution in [0.3, 0.4) is 0 Å². The van der Waals surface area contributed by atoms with Crippen molar-refractivity contribution in [2.75, 3.05) is 6.54 Å². The second kappa shape index (κ2) is 6.90. The molecular weight excluding hydrogens is 298 g/mol. The lowest BCUT2D eigenvalue weighted by atomic mass is 9.69. The van der Waals surface area contributed by atoms with E-state index in [1.54, 1.807) is 0 Å². The highest BCUT2D eigenvalue weighted by Gasteiger charge is 2.34. The predicted molar refractivity (Wildman–Crippen MR) is 86.5 cm³/mol. The van der Waals surface area contributed by atoms with Gasteiger partial charge in [0.25, 0.3) is 0 Å². The summed E-state index contributed by atoms with van der Waals surface area (Å²) in [5.74, 6) is 0. The van der Waals surface area contributed by atoms with Crippen LogP contribution < -0.4 is 5.32 Å². The Bertz CT molecular complexity index is 396. The normalized spacial score (nSPS) is 20.2. The Balaban J connectivity index is 2.11.